The third-order valence-electron chi connectivity index (χ3n) is 7.85. The normalized spacial score (nSPS) is 24.3. The average Bonchev–Trinajstić information content (AvgIpc) is 3.02. The molecule has 39 heavy (non-hydrogen) atoms. The number of nitrogens with one attached hydrogen (secondary N) is 3. The minimum atomic E-state index is -4.72. The van der Waals surface area contributed by atoms with Crippen molar-refractivity contribution in [2.24, 2.45) is 0 Å². The zero-order valence-electron chi connectivity index (χ0n) is 22.8. The van der Waals surface area contributed by atoms with E-state index in [9.17, 15) is 18.7 Å². The Morgan fingerprint density at radius 3 is 2.44 bits per heavy atom. The fourth-order valence-corrected chi connectivity index (χ4v) is 6.49. The van der Waals surface area contributed by atoms with E-state index in [2.05, 4.69) is 30.9 Å². The third kappa shape index (κ3) is 7.34. The first-order chi connectivity index (χ1) is 18.5. The highest BCUT2D eigenvalue weighted by Gasteiger charge is 2.56. The molecule has 0 bridgehead atoms. The number of benzene rings is 1. The van der Waals surface area contributed by atoms with Crippen LogP contribution in [0.15, 0.2) is 18.2 Å². The van der Waals surface area contributed by atoms with E-state index in [4.69, 9.17) is 9.36 Å². The highest BCUT2D eigenvalue weighted by atomic mass is 31.2. The van der Waals surface area contributed by atoms with Gasteiger partial charge in [-0.15, -0.1) is 0 Å². The van der Waals surface area contributed by atoms with Crippen LogP contribution in [0.2, 0.25) is 0 Å². The van der Waals surface area contributed by atoms with Crippen LogP contribution in [0.3, 0.4) is 0 Å². The van der Waals surface area contributed by atoms with Gasteiger partial charge in [0.1, 0.15) is 18.6 Å². The van der Waals surface area contributed by atoms with Crippen LogP contribution in [-0.4, -0.2) is 67.7 Å². The van der Waals surface area contributed by atoms with Crippen molar-refractivity contribution in [1.29, 1.82) is 0 Å². The summed E-state index contributed by atoms with van der Waals surface area (Å²) in [6.07, 6.45) is 8.20. The molecule has 0 radical (unpaired) electrons. The van der Waals surface area contributed by atoms with Crippen molar-refractivity contribution in [3.8, 4) is 5.75 Å². The molecule has 2 fully saturated rings. The van der Waals surface area contributed by atoms with E-state index in [1.165, 1.54) is 32.1 Å². The molecule has 2 atom stereocenters. The molecule has 2 aliphatic rings. The summed E-state index contributed by atoms with van der Waals surface area (Å²) >= 11 is 0. The highest BCUT2D eigenvalue weighted by molar-refractivity contribution is 7.46. The van der Waals surface area contributed by atoms with Gasteiger partial charge in [0.2, 0.25) is 17.8 Å². The number of likely N-dealkylation sites (N-methyl/N-ethyl adjacent to an activating group) is 1. The fraction of sp³-hybridized carbons (Fsp3) is 0.640. The van der Waals surface area contributed by atoms with Crippen LogP contribution >= 0.6 is 7.82 Å². The van der Waals surface area contributed by atoms with Gasteiger partial charge in [-0.2, -0.15) is 19.6 Å². The predicted octanol–water partition coefficient (Wildman–Crippen LogP) is 4.72. The van der Waals surface area contributed by atoms with Gasteiger partial charge in [0.25, 0.3) is 0 Å². The Bertz CT molecular complexity index is 1180. The third-order valence-corrected chi connectivity index (χ3v) is 8.38. The van der Waals surface area contributed by atoms with Gasteiger partial charge in [-0.1, -0.05) is 30.3 Å². The lowest BCUT2D eigenvalue weighted by atomic mass is 9.98. The molecule has 1 aliphatic carbocycles. The maximum atomic E-state index is 14.3. The number of hydrogen-bond donors (Lipinski definition) is 5. The van der Waals surface area contributed by atoms with E-state index in [0.717, 1.165) is 32.1 Å². The summed E-state index contributed by atoms with van der Waals surface area (Å²) in [5, 5.41) is 9.76. The minimum absolute atomic E-state index is 0.133. The molecule has 5 N–H and O–H groups in total. The molecule has 1 aliphatic heterocycles. The van der Waals surface area contributed by atoms with Crippen molar-refractivity contribution in [2.75, 3.05) is 42.7 Å². The Hall–Kier alpha value is -2.57. The number of quaternary nitrogens is 1. The molecule has 1 aromatic heterocycles. The van der Waals surface area contributed by atoms with Gasteiger partial charge in [-0.05, 0) is 38.8 Å². The highest BCUT2D eigenvalue weighted by Crippen LogP contribution is 2.48. The molecule has 2 unspecified atom stereocenters. The van der Waals surface area contributed by atoms with E-state index in [-0.39, 0.29) is 28.3 Å². The van der Waals surface area contributed by atoms with E-state index >= 15 is 0 Å². The van der Waals surface area contributed by atoms with Gasteiger partial charge in [-0.3, -0.25) is 9.79 Å². The van der Waals surface area contributed by atoms with Gasteiger partial charge >= 0.3 is 7.82 Å². The van der Waals surface area contributed by atoms with Crippen molar-refractivity contribution < 1.29 is 32.7 Å². The van der Waals surface area contributed by atoms with Crippen LogP contribution in [0, 0.1) is 5.82 Å². The first-order valence-corrected chi connectivity index (χ1v) is 15.1. The predicted molar refractivity (Wildman–Crippen MR) is 146 cm³/mol. The first-order valence-electron chi connectivity index (χ1n) is 13.6. The number of hydroxylamine groups is 3. The number of aromatic nitrogens is 3. The zero-order chi connectivity index (χ0) is 28.1. The van der Waals surface area contributed by atoms with E-state index in [1.807, 2.05) is 13.8 Å². The van der Waals surface area contributed by atoms with Gasteiger partial charge < -0.3 is 20.7 Å². The van der Waals surface area contributed by atoms with Crippen LogP contribution < -0.4 is 20.7 Å². The quantitative estimate of drug-likeness (QED) is 0.145. The maximum Gasteiger partial charge on any atom is 0.515 e. The number of anilines is 4. The van der Waals surface area contributed by atoms with Crippen molar-refractivity contribution in [1.82, 2.24) is 15.0 Å². The molecule has 1 aromatic carbocycles. The van der Waals surface area contributed by atoms with Crippen LogP contribution in [0.4, 0.5) is 27.9 Å². The summed E-state index contributed by atoms with van der Waals surface area (Å²) in [4.78, 5) is 32.9. The molecular formula is C25H40FN7O5P+. The van der Waals surface area contributed by atoms with Gasteiger partial charge in [0.15, 0.2) is 11.6 Å². The van der Waals surface area contributed by atoms with Crippen molar-refractivity contribution >= 4 is 31.4 Å². The van der Waals surface area contributed by atoms with Crippen LogP contribution in [-0.2, 0) is 9.19 Å². The second kappa shape index (κ2) is 12.3. The van der Waals surface area contributed by atoms with Gasteiger partial charge in [-0.25, -0.2) is 8.96 Å². The topological polar surface area (TPSA) is 151 Å². The molecule has 2 aromatic rings. The largest absolute Gasteiger partial charge is 0.515 e. The molecule has 1 saturated carbocycles. The molecule has 1 saturated heterocycles. The number of methoxy groups -OCH3 is 1. The lowest BCUT2D eigenvalue weighted by molar-refractivity contribution is -1.11. The standard InChI is InChI=1S/C25H39FN7O5P/c1-4-33(38-39(34,35)36)15-9-14-25(33,2)17-27-22-30-23(28-18-10-7-5-6-8-11-18)32-24(31-22)29-19-12-13-21(37-3)20(26)16-19/h12-13,16,18H,4-11,14-15,17H2,1-3H3,(H4-,27,28,29,30,31,32,34,35,36)/p+1. The van der Waals surface area contributed by atoms with Crippen molar-refractivity contribution in [3.05, 3.63) is 24.0 Å². The van der Waals surface area contributed by atoms with E-state index in [1.54, 1.807) is 6.07 Å². The summed E-state index contributed by atoms with van der Waals surface area (Å²) in [7, 11) is -3.31. The molecule has 2 heterocycles. The van der Waals surface area contributed by atoms with Gasteiger partial charge in [0, 0.05) is 30.6 Å². The second-order valence-corrected chi connectivity index (χ2v) is 11.7. The second-order valence-electron chi connectivity index (χ2n) is 10.6. The number of ether oxygens (including phenoxy) is 1. The molecule has 0 amide bonds. The van der Waals surface area contributed by atoms with Crippen molar-refractivity contribution in [3.63, 3.8) is 0 Å². The summed E-state index contributed by atoms with van der Waals surface area (Å²) in [6.45, 7) is 4.99. The number of hydrogen-bond acceptors (Lipinski definition) is 9. The van der Waals surface area contributed by atoms with Crippen LogP contribution in [0.1, 0.15) is 65.2 Å². The molecular weight excluding hydrogens is 528 g/mol. The first kappa shape index (κ1) is 29.4. The molecule has 0 spiro atoms. The Morgan fingerprint density at radius 2 is 1.79 bits per heavy atom. The van der Waals surface area contributed by atoms with Crippen molar-refractivity contribution in [2.45, 2.75) is 76.8 Å². The monoisotopic (exact) mass is 568 g/mol. The fourth-order valence-electron chi connectivity index (χ4n) is 5.69. The Balaban J connectivity index is 1.58. The van der Waals surface area contributed by atoms with E-state index in [0.29, 0.717) is 37.7 Å². The Labute approximate surface area is 228 Å². The molecule has 216 valence electrons. The smallest absolute Gasteiger partial charge is 0.494 e. The minimum Gasteiger partial charge on any atom is -0.494 e. The summed E-state index contributed by atoms with van der Waals surface area (Å²) in [5.41, 5.74) is -0.185. The maximum absolute atomic E-state index is 14.3. The Kier molecular flexibility index (Phi) is 9.28. The number of halogens is 1. The number of rotatable bonds is 11. The molecule has 14 heteroatoms. The summed E-state index contributed by atoms with van der Waals surface area (Å²) in [5.74, 6) is 0.535. The van der Waals surface area contributed by atoms with Crippen LogP contribution in [0.5, 0.6) is 5.75 Å². The SMILES string of the molecule is CC[N+]1(OP(=O)(O)O)CCCC1(C)CNc1nc(Nc2ccc(OC)c(F)c2)nc(NC2CCCCCC2)n1. The number of likely N-dealkylation sites (tertiary alicyclic amines) is 1. The summed E-state index contributed by atoms with van der Waals surface area (Å²) in [6, 6.07) is 4.73. The average molecular weight is 569 g/mol. The zero-order valence-corrected chi connectivity index (χ0v) is 23.7. The lowest BCUT2D eigenvalue weighted by Crippen LogP contribution is -2.61. The number of nitrogens with zero attached hydrogens (tertiary/aromatic N) is 4. The van der Waals surface area contributed by atoms with Crippen LogP contribution in [0.25, 0.3) is 0 Å². The number of phosphoric acid groups is 1. The lowest BCUT2D eigenvalue weighted by Gasteiger charge is -2.42. The van der Waals surface area contributed by atoms with Gasteiger partial charge in [0.05, 0.1) is 13.7 Å². The Morgan fingerprint density at radius 1 is 1.10 bits per heavy atom. The molecule has 12 nitrogen and oxygen atoms in total. The summed E-state index contributed by atoms with van der Waals surface area (Å²) < 4.78 is 36.3. The molecule has 4 rings (SSSR count). The van der Waals surface area contributed by atoms with E-state index < -0.39 is 19.2 Å².